The molecule has 0 saturated carbocycles. The largest absolute Gasteiger partial charge is 0.496 e. The number of nitrogens with two attached hydrogens (primary N) is 1. The number of aromatic nitrogens is 1. The van der Waals surface area contributed by atoms with E-state index in [0.717, 1.165) is 11.3 Å². The maximum atomic E-state index is 5.56. The molecule has 0 saturated heterocycles. The van der Waals surface area contributed by atoms with Crippen LogP contribution in [0.5, 0.6) is 5.75 Å². The molecule has 3 heteroatoms. The van der Waals surface area contributed by atoms with Gasteiger partial charge in [0.15, 0.2) is 0 Å². The highest BCUT2D eigenvalue weighted by molar-refractivity contribution is 5.44. The topological polar surface area (TPSA) is 48.1 Å². The molecule has 0 spiro atoms. The molecule has 0 aromatic carbocycles. The Balaban J connectivity index is 3.22. The molecule has 0 aliphatic rings. The van der Waals surface area contributed by atoms with Crippen molar-refractivity contribution in [1.82, 2.24) is 4.98 Å². The quantitative estimate of drug-likeness (QED) is 0.718. The van der Waals surface area contributed by atoms with Gasteiger partial charge in [0.2, 0.25) is 0 Å². The molecule has 1 aromatic heterocycles. The van der Waals surface area contributed by atoms with Gasteiger partial charge in [-0.1, -0.05) is 20.8 Å². The average Bonchev–Trinajstić information content (AvgIpc) is 2.01. The molecule has 72 valence electrons. The molecule has 1 aromatic rings. The predicted octanol–water partition coefficient (Wildman–Crippen LogP) is 1.97. The highest BCUT2D eigenvalue weighted by Crippen LogP contribution is 2.31. The fourth-order valence-corrected chi connectivity index (χ4v) is 1.18. The summed E-state index contributed by atoms with van der Waals surface area (Å²) in [6.45, 7) is 6.34. The lowest BCUT2D eigenvalue weighted by molar-refractivity contribution is 0.397. The third kappa shape index (κ3) is 2.11. The zero-order valence-corrected chi connectivity index (χ0v) is 8.59. The van der Waals surface area contributed by atoms with Crippen LogP contribution in [0.25, 0.3) is 0 Å². The van der Waals surface area contributed by atoms with Crippen molar-refractivity contribution < 1.29 is 4.74 Å². The lowest BCUT2D eigenvalue weighted by atomic mass is 9.87. The SMILES string of the molecule is COc1cc(N)ncc1C(C)(C)C. The second-order valence-electron chi connectivity index (χ2n) is 4.06. The van der Waals surface area contributed by atoms with Crippen molar-refractivity contribution >= 4 is 5.82 Å². The first kappa shape index (κ1) is 9.84. The minimum Gasteiger partial charge on any atom is -0.496 e. The van der Waals surface area contributed by atoms with Crippen molar-refractivity contribution in [3.05, 3.63) is 17.8 Å². The molecular weight excluding hydrogens is 164 g/mol. The van der Waals surface area contributed by atoms with Gasteiger partial charge in [0, 0.05) is 17.8 Å². The first-order valence-corrected chi connectivity index (χ1v) is 4.25. The van der Waals surface area contributed by atoms with Gasteiger partial charge in [-0.05, 0) is 5.41 Å². The van der Waals surface area contributed by atoms with Crippen molar-refractivity contribution in [3.8, 4) is 5.75 Å². The number of hydrogen-bond donors (Lipinski definition) is 1. The van der Waals surface area contributed by atoms with Crippen LogP contribution >= 0.6 is 0 Å². The van der Waals surface area contributed by atoms with Crippen LogP contribution in [0.4, 0.5) is 5.82 Å². The van der Waals surface area contributed by atoms with E-state index in [2.05, 4.69) is 25.8 Å². The standard InChI is InChI=1S/C10H16N2O/c1-10(2,3)7-6-12-9(11)5-8(7)13-4/h5-6H,1-4H3,(H2,11,12). The number of nitrogen functional groups attached to an aromatic ring is 1. The molecule has 0 amide bonds. The molecule has 1 heterocycles. The van der Waals surface area contributed by atoms with Crippen LogP contribution < -0.4 is 10.5 Å². The number of methoxy groups -OCH3 is 1. The van der Waals surface area contributed by atoms with E-state index in [-0.39, 0.29) is 5.41 Å². The van der Waals surface area contributed by atoms with Crippen LogP contribution in [-0.2, 0) is 5.41 Å². The van der Waals surface area contributed by atoms with Gasteiger partial charge in [0.05, 0.1) is 7.11 Å². The molecule has 1 rings (SSSR count). The summed E-state index contributed by atoms with van der Waals surface area (Å²) in [7, 11) is 1.64. The van der Waals surface area contributed by atoms with E-state index in [1.807, 2.05) is 0 Å². The first-order valence-electron chi connectivity index (χ1n) is 4.25. The van der Waals surface area contributed by atoms with E-state index in [1.165, 1.54) is 0 Å². The van der Waals surface area contributed by atoms with Crippen molar-refractivity contribution in [1.29, 1.82) is 0 Å². The van der Waals surface area contributed by atoms with E-state index >= 15 is 0 Å². The second kappa shape index (κ2) is 3.24. The minimum absolute atomic E-state index is 0.0338. The summed E-state index contributed by atoms with van der Waals surface area (Å²) >= 11 is 0. The normalized spacial score (nSPS) is 11.4. The lowest BCUT2D eigenvalue weighted by Crippen LogP contribution is -2.13. The van der Waals surface area contributed by atoms with Crippen LogP contribution in [0.3, 0.4) is 0 Å². The molecule has 0 radical (unpaired) electrons. The summed E-state index contributed by atoms with van der Waals surface area (Å²) in [6, 6.07) is 1.75. The van der Waals surface area contributed by atoms with E-state index in [4.69, 9.17) is 10.5 Å². The molecule has 0 aliphatic carbocycles. The molecule has 2 N–H and O–H groups in total. The zero-order valence-electron chi connectivity index (χ0n) is 8.59. The van der Waals surface area contributed by atoms with Crippen LogP contribution in [0.2, 0.25) is 0 Å². The van der Waals surface area contributed by atoms with Gasteiger partial charge < -0.3 is 10.5 Å². The molecule has 13 heavy (non-hydrogen) atoms. The average molecular weight is 180 g/mol. The van der Waals surface area contributed by atoms with Crippen LogP contribution in [0.1, 0.15) is 26.3 Å². The molecule has 0 atom stereocenters. The van der Waals surface area contributed by atoms with Crippen molar-refractivity contribution in [2.75, 3.05) is 12.8 Å². The number of nitrogens with zero attached hydrogens (tertiary/aromatic N) is 1. The molecule has 0 fully saturated rings. The highest BCUT2D eigenvalue weighted by Gasteiger charge is 2.19. The van der Waals surface area contributed by atoms with E-state index in [0.29, 0.717) is 5.82 Å². The van der Waals surface area contributed by atoms with Crippen LogP contribution in [0.15, 0.2) is 12.3 Å². The van der Waals surface area contributed by atoms with Gasteiger partial charge in [-0.15, -0.1) is 0 Å². The Morgan fingerprint density at radius 1 is 1.38 bits per heavy atom. The Labute approximate surface area is 78.9 Å². The Bertz CT molecular complexity index is 302. The van der Waals surface area contributed by atoms with E-state index < -0.39 is 0 Å². The molecule has 0 aliphatic heterocycles. The van der Waals surface area contributed by atoms with Crippen molar-refractivity contribution in [3.63, 3.8) is 0 Å². The summed E-state index contributed by atoms with van der Waals surface area (Å²) in [4.78, 5) is 4.05. The van der Waals surface area contributed by atoms with Gasteiger partial charge in [0.25, 0.3) is 0 Å². The van der Waals surface area contributed by atoms with Gasteiger partial charge in [-0.25, -0.2) is 4.98 Å². The highest BCUT2D eigenvalue weighted by atomic mass is 16.5. The monoisotopic (exact) mass is 180 g/mol. The Hall–Kier alpha value is -1.25. The van der Waals surface area contributed by atoms with E-state index in [1.54, 1.807) is 19.4 Å². The van der Waals surface area contributed by atoms with Gasteiger partial charge in [-0.3, -0.25) is 0 Å². The molecule has 0 bridgehead atoms. The zero-order chi connectivity index (χ0) is 10.1. The number of hydrogen-bond acceptors (Lipinski definition) is 3. The third-order valence-electron chi connectivity index (χ3n) is 1.92. The summed E-state index contributed by atoms with van der Waals surface area (Å²) in [6.07, 6.45) is 1.77. The number of rotatable bonds is 1. The van der Waals surface area contributed by atoms with Crippen molar-refractivity contribution in [2.24, 2.45) is 0 Å². The van der Waals surface area contributed by atoms with Crippen LogP contribution in [0, 0.1) is 0 Å². The summed E-state index contributed by atoms with van der Waals surface area (Å²) < 4.78 is 5.23. The van der Waals surface area contributed by atoms with Crippen LogP contribution in [-0.4, -0.2) is 12.1 Å². The fourth-order valence-electron chi connectivity index (χ4n) is 1.18. The van der Waals surface area contributed by atoms with Gasteiger partial charge in [-0.2, -0.15) is 0 Å². The maximum absolute atomic E-state index is 5.56. The molecule has 3 nitrogen and oxygen atoms in total. The summed E-state index contributed by atoms with van der Waals surface area (Å²) in [5.74, 6) is 1.30. The Kier molecular flexibility index (Phi) is 2.45. The van der Waals surface area contributed by atoms with Gasteiger partial charge in [0.1, 0.15) is 11.6 Å². The molecule has 0 unspecified atom stereocenters. The third-order valence-corrected chi connectivity index (χ3v) is 1.92. The van der Waals surface area contributed by atoms with Crippen molar-refractivity contribution in [2.45, 2.75) is 26.2 Å². The Morgan fingerprint density at radius 3 is 2.46 bits per heavy atom. The first-order chi connectivity index (χ1) is 5.95. The predicted molar refractivity (Wildman–Crippen MR) is 53.9 cm³/mol. The van der Waals surface area contributed by atoms with Gasteiger partial charge >= 0.3 is 0 Å². The number of anilines is 1. The minimum atomic E-state index is 0.0338. The smallest absolute Gasteiger partial charge is 0.127 e. The second-order valence-corrected chi connectivity index (χ2v) is 4.06. The summed E-state index contributed by atoms with van der Waals surface area (Å²) in [5, 5.41) is 0. The Morgan fingerprint density at radius 2 is 2.00 bits per heavy atom. The number of pyridine rings is 1. The number of ether oxygens (including phenoxy) is 1. The maximum Gasteiger partial charge on any atom is 0.127 e. The van der Waals surface area contributed by atoms with E-state index in [9.17, 15) is 0 Å². The summed E-state index contributed by atoms with van der Waals surface area (Å²) in [5.41, 5.74) is 6.66. The molecular formula is C10H16N2O. The fraction of sp³-hybridized carbons (Fsp3) is 0.500. The lowest BCUT2D eigenvalue weighted by Gasteiger charge is -2.21.